The number of nitrogens with zero attached hydrogens (tertiary/aromatic N) is 4. The van der Waals surface area contributed by atoms with Gasteiger partial charge in [-0.25, -0.2) is 9.07 Å². The fraction of sp³-hybridized carbons (Fsp3) is 0.292. The molecule has 4 heterocycles. The summed E-state index contributed by atoms with van der Waals surface area (Å²) in [6, 6.07) is 6.45. The summed E-state index contributed by atoms with van der Waals surface area (Å²) in [6.45, 7) is 3.82. The average Bonchev–Trinajstić information content (AvgIpc) is 3.56. The summed E-state index contributed by atoms with van der Waals surface area (Å²) in [5, 5.41) is 14.1. The largest absolute Gasteiger partial charge is 0.467 e. The van der Waals surface area contributed by atoms with Crippen molar-refractivity contribution in [1.82, 2.24) is 19.6 Å². The molecule has 12 heteroatoms. The van der Waals surface area contributed by atoms with E-state index in [1.54, 1.807) is 42.8 Å². The van der Waals surface area contributed by atoms with Gasteiger partial charge in [0.1, 0.15) is 23.0 Å². The number of halogens is 4. The van der Waals surface area contributed by atoms with Gasteiger partial charge in [0.05, 0.1) is 42.1 Å². The van der Waals surface area contributed by atoms with Gasteiger partial charge in [0, 0.05) is 6.42 Å². The maximum absolute atomic E-state index is 13.9. The molecule has 0 spiro atoms. The van der Waals surface area contributed by atoms with Crippen LogP contribution in [0.5, 0.6) is 0 Å². The molecule has 188 valence electrons. The second-order valence-corrected chi connectivity index (χ2v) is 8.64. The Kier molecular flexibility index (Phi) is 5.81. The van der Waals surface area contributed by atoms with Crippen LogP contribution in [-0.4, -0.2) is 31.6 Å². The minimum atomic E-state index is -4.57. The molecule has 1 aromatic carbocycles. The van der Waals surface area contributed by atoms with Crippen LogP contribution in [0.3, 0.4) is 0 Å². The normalized spacial score (nSPS) is 17.5. The Morgan fingerprint density at radius 1 is 1.22 bits per heavy atom. The number of anilines is 2. The van der Waals surface area contributed by atoms with Crippen molar-refractivity contribution in [3.05, 3.63) is 83.0 Å². The zero-order chi connectivity index (χ0) is 25.6. The Hall–Kier alpha value is -4.09. The van der Waals surface area contributed by atoms with Gasteiger partial charge in [-0.2, -0.15) is 23.4 Å². The number of furan rings is 1. The van der Waals surface area contributed by atoms with E-state index in [0.29, 0.717) is 29.4 Å². The number of rotatable bonds is 5. The highest BCUT2D eigenvalue weighted by atomic mass is 19.4. The van der Waals surface area contributed by atoms with Crippen molar-refractivity contribution in [2.75, 3.05) is 10.6 Å². The molecule has 8 nitrogen and oxygen atoms in total. The minimum Gasteiger partial charge on any atom is -0.467 e. The summed E-state index contributed by atoms with van der Waals surface area (Å²) in [6.07, 6.45) is -2.40. The van der Waals surface area contributed by atoms with E-state index in [1.165, 1.54) is 18.4 Å². The quantitative estimate of drug-likeness (QED) is 0.357. The van der Waals surface area contributed by atoms with Gasteiger partial charge in [-0.15, -0.1) is 0 Å². The molecule has 0 radical (unpaired) electrons. The molecule has 1 amide bonds. The van der Waals surface area contributed by atoms with E-state index in [-0.39, 0.29) is 23.6 Å². The zero-order valence-electron chi connectivity index (χ0n) is 19.3. The molecule has 1 aliphatic heterocycles. The Bertz CT molecular complexity index is 1390. The zero-order valence-corrected chi connectivity index (χ0v) is 19.3. The molecule has 1 aliphatic rings. The van der Waals surface area contributed by atoms with E-state index >= 15 is 0 Å². The molecule has 5 rings (SSSR count). The van der Waals surface area contributed by atoms with Gasteiger partial charge in [-0.3, -0.25) is 9.48 Å². The van der Waals surface area contributed by atoms with Crippen molar-refractivity contribution < 1.29 is 26.8 Å². The fourth-order valence-electron chi connectivity index (χ4n) is 4.38. The number of aryl methyl sites for hydroxylation is 1. The van der Waals surface area contributed by atoms with Gasteiger partial charge in [-0.05, 0) is 43.7 Å². The first-order valence-corrected chi connectivity index (χ1v) is 11.2. The van der Waals surface area contributed by atoms with Gasteiger partial charge in [-0.1, -0.05) is 12.1 Å². The van der Waals surface area contributed by atoms with Crippen molar-refractivity contribution in [3.63, 3.8) is 0 Å². The number of amides is 1. The van der Waals surface area contributed by atoms with Crippen molar-refractivity contribution in [1.29, 1.82) is 0 Å². The number of nitrogens with one attached hydrogen (secondary N) is 2. The predicted molar refractivity (Wildman–Crippen MR) is 122 cm³/mol. The second-order valence-electron chi connectivity index (χ2n) is 8.64. The molecule has 0 saturated carbocycles. The van der Waals surface area contributed by atoms with E-state index in [1.807, 2.05) is 0 Å². The van der Waals surface area contributed by atoms with Gasteiger partial charge in [0.25, 0.3) is 5.91 Å². The van der Waals surface area contributed by atoms with Crippen LogP contribution in [0.15, 0.2) is 53.3 Å². The van der Waals surface area contributed by atoms with E-state index in [2.05, 4.69) is 20.8 Å². The standard InChI is InChI=1S/C24H22F4N6O2/c1-13-21(14(2)33(32-13)12-15-5-7-16(25)8-6-15)31-23(35)17-11-29-34-20(24(26,27)28)10-18(30-22(17)34)19-4-3-9-36-19/h3-9,11,18,20,30H,10,12H2,1-2H3,(H,31,35)/t18-,20-/m1/s1. The van der Waals surface area contributed by atoms with Crippen LogP contribution < -0.4 is 10.6 Å². The molecule has 0 bridgehead atoms. The minimum absolute atomic E-state index is 0.0365. The van der Waals surface area contributed by atoms with Crippen molar-refractivity contribution in [3.8, 4) is 0 Å². The van der Waals surface area contributed by atoms with E-state index in [0.717, 1.165) is 16.4 Å². The summed E-state index contributed by atoms with van der Waals surface area (Å²) < 4.78 is 62.5. The molecule has 0 fully saturated rings. The first kappa shape index (κ1) is 23.6. The molecule has 4 aromatic rings. The number of aromatic nitrogens is 4. The van der Waals surface area contributed by atoms with Crippen LogP contribution in [0.2, 0.25) is 0 Å². The van der Waals surface area contributed by atoms with Crippen molar-refractivity contribution >= 4 is 17.4 Å². The highest BCUT2D eigenvalue weighted by Gasteiger charge is 2.47. The third-order valence-electron chi connectivity index (χ3n) is 6.24. The molecule has 2 N–H and O–H groups in total. The van der Waals surface area contributed by atoms with Crippen LogP contribution in [0, 0.1) is 19.7 Å². The fourth-order valence-corrected chi connectivity index (χ4v) is 4.38. The molecule has 3 aromatic heterocycles. The molecule has 2 atom stereocenters. The van der Waals surface area contributed by atoms with E-state index in [9.17, 15) is 22.4 Å². The summed E-state index contributed by atoms with van der Waals surface area (Å²) in [5.74, 6) is -0.689. The first-order chi connectivity index (χ1) is 17.1. The molecule has 0 aliphatic carbocycles. The molecule has 36 heavy (non-hydrogen) atoms. The average molecular weight is 502 g/mol. The lowest BCUT2D eigenvalue weighted by molar-refractivity contribution is -0.174. The molecular weight excluding hydrogens is 480 g/mol. The van der Waals surface area contributed by atoms with Gasteiger partial charge in [0.2, 0.25) is 0 Å². The third-order valence-corrected chi connectivity index (χ3v) is 6.24. The van der Waals surface area contributed by atoms with Crippen molar-refractivity contribution in [2.24, 2.45) is 0 Å². The summed E-state index contributed by atoms with van der Waals surface area (Å²) in [7, 11) is 0. The second kappa shape index (κ2) is 8.85. The summed E-state index contributed by atoms with van der Waals surface area (Å²) in [4.78, 5) is 13.2. The Morgan fingerprint density at radius 3 is 2.64 bits per heavy atom. The number of carbonyl (C=O) groups is 1. The first-order valence-electron chi connectivity index (χ1n) is 11.2. The van der Waals surface area contributed by atoms with Crippen LogP contribution >= 0.6 is 0 Å². The van der Waals surface area contributed by atoms with Gasteiger partial charge in [0.15, 0.2) is 6.04 Å². The maximum atomic E-state index is 13.9. The Morgan fingerprint density at radius 2 is 1.97 bits per heavy atom. The number of hydrogen-bond donors (Lipinski definition) is 2. The number of hydrogen-bond acceptors (Lipinski definition) is 5. The topological polar surface area (TPSA) is 89.9 Å². The van der Waals surface area contributed by atoms with E-state index in [4.69, 9.17) is 4.42 Å². The van der Waals surface area contributed by atoms with Crippen LogP contribution in [0.4, 0.5) is 29.1 Å². The molecular formula is C24H22F4N6O2. The van der Waals surface area contributed by atoms with Crippen molar-refractivity contribution in [2.45, 2.75) is 45.1 Å². The number of alkyl halides is 3. The Labute approximate surface area is 202 Å². The lowest BCUT2D eigenvalue weighted by Gasteiger charge is -2.32. The summed E-state index contributed by atoms with van der Waals surface area (Å²) in [5.41, 5.74) is 2.38. The highest BCUT2D eigenvalue weighted by molar-refractivity contribution is 6.08. The molecule has 0 saturated heterocycles. The Balaban J connectivity index is 1.42. The summed E-state index contributed by atoms with van der Waals surface area (Å²) >= 11 is 0. The monoisotopic (exact) mass is 502 g/mol. The van der Waals surface area contributed by atoms with Crippen LogP contribution in [0.25, 0.3) is 0 Å². The van der Waals surface area contributed by atoms with Crippen LogP contribution in [-0.2, 0) is 6.54 Å². The lowest BCUT2D eigenvalue weighted by atomic mass is 10.0. The van der Waals surface area contributed by atoms with E-state index < -0.39 is 24.2 Å². The lowest BCUT2D eigenvalue weighted by Crippen LogP contribution is -2.36. The predicted octanol–water partition coefficient (Wildman–Crippen LogP) is 5.39. The highest BCUT2D eigenvalue weighted by Crippen LogP contribution is 2.44. The number of carbonyl (C=O) groups excluding carboxylic acids is 1. The number of benzene rings is 1. The smallest absolute Gasteiger partial charge is 0.410 e. The SMILES string of the molecule is Cc1nn(Cc2ccc(F)cc2)c(C)c1NC(=O)c1cnn2c1N[C@@H](c1ccco1)C[C@@H]2C(F)(F)F. The van der Waals surface area contributed by atoms with Gasteiger partial charge >= 0.3 is 6.18 Å². The third kappa shape index (κ3) is 4.34. The van der Waals surface area contributed by atoms with Crippen LogP contribution in [0.1, 0.15) is 51.6 Å². The number of fused-ring (bicyclic) bond motifs is 1. The molecule has 0 unspecified atom stereocenters. The maximum Gasteiger partial charge on any atom is 0.410 e. The van der Waals surface area contributed by atoms with Gasteiger partial charge < -0.3 is 15.1 Å².